The molecule has 2 unspecified atom stereocenters. The molecule has 21 heavy (non-hydrogen) atoms. The second-order valence-electron chi connectivity index (χ2n) is 6.67. The van der Waals surface area contributed by atoms with Gasteiger partial charge >= 0.3 is 5.97 Å². The molecule has 0 aromatic carbocycles. The molecule has 1 rings (SSSR count). The molecule has 0 aromatic heterocycles. The van der Waals surface area contributed by atoms with Crippen LogP contribution in [0.15, 0.2) is 0 Å². The van der Waals surface area contributed by atoms with Crippen LogP contribution in [0, 0.1) is 0 Å². The molecular formula is C16H33N3O2. The van der Waals surface area contributed by atoms with Gasteiger partial charge in [0.05, 0.1) is 0 Å². The summed E-state index contributed by atoms with van der Waals surface area (Å²) < 4.78 is 0. The van der Waals surface area contributed by atoms with Crippen molar-refractivity contribution in [2.75, 3.05) is 39.8 Å². The van der Waals surface area contributed by atoms with Crippen molar-refractivity contribution in [1.82, 2.24) is 15.1 Å². The summed E-state index contributed by atoms with van der Waals surface area (Å²) in [5.74, 6) is -0.732. The van der Waals surface area contributed by atoms with Gasteiger partial charge in [-0.05, 0) is 59.7 Å². The number of hydrogen-bond acceptors (Lipinski definition) is 4. The largest absolute Gasteiger partial charge is 0.480 e. The Morgan fingerprint density at radius 2 is 2.10 bits per heavy atom. The van der Waals surface area contributed by atoms with Crippen LogP contribution in [-0.4, -0.2) is 72.2 Å². The third-order valence-electron chi connectivity index (χ3n) is 4.58. The van der Waals surface area contributed by atoms with Gasteiger partial charge in [-0.15, -0.1) is 0 Å². The van der Waals surface area contributed by atoms with Gasteiger partial charge in [0, 0.05) is 25.7 Å². The normalized spacial score (nSPS) is 23.9. The lowest BCUT2D eigenvalue weighted by Gasteiger charge is -2.38. The minimum atomic E-state index is -0.774. The highest BCUT2D eigenvalue weighted by Gasteiger charge is 2.31. The van der Waals surface area contributed by atoms with Crippen LogP contribution in [0.3, 0.4) is 0 Å². The number of nitrogens with zero attached hydrogens (tertiary/aromatic N) is 2. The zero-order valence-corrected chi connectivity index (χ0v) is 14.2. The van der Waals surface area contributed by atoms with Crippen molar-refractivity contribution >= 4 is 5.97 Å². The third kappa shape index (κ3) is 5.93. The minimum Gasteiger partial charge on any atom is -0.480 e. The van der Waals surface area contributed by atoms with Crippen LogP contribution >= 0.6 is 0 Å². The molecule has 0 aromatic rings. The first kappa shape index (κ1) is 18.4. The van der Waals surface area contributed by atoms with Crippen molar-refractivity contribution in [3.63, 3.8) is 0 Å². The number of hydrogen-bond donors (Lipinski definition) is 2. The SMILES string of the molecule is CCCNC(C)(CCCCN1CCN(C)CC1C)C(=O)O. The Morgan fingerprint density at radius 3 is 2.67 bits per heavy atom. The molecule has 2 N–H and O–H groups in total. The van der Waals surface area contributed by atoms with Gasteiger partial charge in [0.15, 0.2) is 0 Å². The van der Waals surface area contributed by atoms with E-state index in [0.717, 1.165) is 52.0 Å². The fourth-order valence-corrected chi connectivity index (χ4v) is 2.97. The van der Waals surface area contributed by atoms with Crippen LogP contribution in [0.5, 0.6) is 0 Å². The summed E-state index contributed by atoms with van der Waals surface area (Å²) >= 11 is 0. The van der Waals surface area contributed by atoms with Gasteiger partial charge in [-0.2, -0.15) is 0 Å². The molecule has 0 bridgehead atoms. The lowest BCUT2D eigenvalue weighted by atomic mass is 9.94. The van der Waals surface area contributed by atoms with Crippen LogP contribution in [0.25, 0.3) is 0 Å². The molecule has 1 saturated heterocycles. The van der Waals surface area contributed by atoms with Crippen LogP contribution in [0.4, 0.5) is 0 Å². The molecule has 1 heterocycles. The molecule has 0 saturated carbocycles. The molecule has 0 radical (unpaired) electrons. The average molecular weight is 299 g/mol. The predicted molar refractivity (Wildman–Crippen MR) is 86.7 cm³/mol. The van der Waals surface area contributed by atoms with Gasteiger partial charge in [0.1, 0.15) is 5.54 Å². The molecule has 1 aliphatic rings. The first-order chi connectivity index (χ1) is 9.89. The highest BCUT2D eigenvalue weighted by atomic mass is 16.4. The number of rotatable bonds is 9. The number of aliphatic carboxylic acids is 1. The van der Waals surface area contributed by atoms with Gasteiger partial charge in [0.25, 0.3) is 0 Å². The Hall–Kier alpha value is -0.650. The molecule has 1 aliphatic heterocycles. The van der Waals surface area contributed by atoms with Gasteiger partial charge in [-0.25, -0.2) is 0 Å². The third-order valence-corrected chi connectivity index (χ3v) is 4.58. The Balaban J connectivity index is 2.29. The van der Waals surface area contributed by atoms with Crippen molar-refractivity contribution < 1.29 is 9.90 Å². The monoisotopic (exact) mass is 299 g/mol. The van der Waals surface area contributed by atoms with Crippen LogP contribution in [-0.2, 0) is 4.79 Å². The quantitative estimate of drug-likeness (QED) is 0.634. The summed E-state index contributed by atoms with van der Waals surface area (Å²) in [6, 6.07) is 0.604. The summed E-state index contributed by atoms with van der Waals surface area (Å²) in [6.45, 7) is 11.4. The van der Waals surface area contributed by atoms with Crippen molar-refractivity contribution in [2.45, 2.75) is 58.0 Å². The van der Waals surface area contributed by atoms with E-state index in [4.69, 9.17) is 0 Å². The van der Waals surface area contributed by atoms with E-state index in [0.29, 0.717) is 12.5 Å². The van der Waals surface area contributed by atoms with E-state index in [1.807, 2.05) is 6.92 Å². The van der Waals surface area contributed by atoms with E-state index >= 15 is 0 Å². The van der Waals surface area contributed by atoms with Crippen molar-refractivity contribution in [3.8, 4) is 0 Å². The zero-order chi connectivity index (χ0) is 15.9. The summed E-state index contributed by atoms with van der Waals surface area (Å²) in [4.78, 5) is 16.3. The van der Waals surface area contributed by atoms with E-state index < -0.39 is 11.5 Å². The van der Waals surface area contributed by atoms with Crippen LogP contribution < -0.4 is 5.32 Å². The molecular weight excluding hydrogens is 266 g/mol. The maximum absolute atomic E-state index is 11.4. The van der Waals surface area contributed by atoms with Crippen molar-refractivity contribution in [1.29, 1.82) is 0 Å². The smallest absolute Gasteiger partial charge is 0.323 e. The average Bonchev–Trinajstić information content (AvgIpc) is 2.43. The first-order valence-electron chi connectivity index (χ1n) is 8.30. The van der Waals surface area contributed by atoms with E-state index in [9.17, 15) is 9.90 Å². The van der Waals surface area contributed by atoms with Crippen LogP contribution in [0.1, 0.15) is 46.5 Å². The summed E-state index contributed by atoms with van der Waals surface area (Å²) in [7, 11) is 2.17. The standard InChI is InChI=1S/C16H33N3O2/c1-5-9-17-16(3,15(20)21)8-6-7-10-19-12-11-18(4)13-14(19)2/h14,17H,5-13H2,1-4H3,(H,20,21). The van der Waals surface area contributed by atoms with Gasteiger partial charge in [0.2, 0.25) is 0 Å². The van der Waals surface area contributed by atoms with Crippen molar-refractivity contribution in [3.05, 3.63) is 0 Å². The highest BCUT2D eigenvalue weighted by molar-refractivity contribution is 5.78. The van der Waals surface area contributed by atoms with Gasteiger partial charge < -0.3 is 15.3 Å². The number of carboxylic acids is 1. The molecule has 1 fully saturated rings. The number of carboxylic acid groups (broad SMARTS) is 1. The Bertz CT molecular complexity index is 325. The molecule has 0 amide bonds. The van der Waals surface area contributed by atoms with Crippen LogP contribution in [0.2, 0.25) is 0 Å². The Kier molecular flexibility index (Phi) is 7.63. The number of carbonyl (C=O) groups is 1. The van der Waals surface area contributed by atoms with Gasteiger partial charge in [-0.1, -0.05) is 6.92 Å². The summed E-state index contributed by atoms with van der Waals surface area (Å²) in [6.07, 6.45) is 3.69. The van der Waals surface area contributed by atoms with Gasteiger partial charge in [-0.3, -0.25) is 9.69 Å². The molecule has 2 atom stereocenters. The van der Waals surface area contributed by atoms with E-state index in [1.165, 1.54) is 0 Å². The lowest BCUT2D eigenvalue weighted by molar-refractivity contribution is -0.144. The fraction of sp³-hybridized carbons (Fsp3) is 0.938. The molecule has 124 valence electrons. The zero-order valence-electron chi connectivity index (χ0n) is 14.2. The maximum Gasteiger partial charge on any atom is 0.323 e. The molecule has 5 heteroatoms. The summed E-state index contributed by atoms with van der Waals surface area (Å²) in [5.41, 5.74) is -0.774. The Morgan fingerprint density at radius 1 is 1.38 bits per heavy atom. The van der Waals surface area contributed by atoms with E-state index in [2.05, 4.69) is 36.0 Å². The number of nitrogens with one attached hydrogen (secondary N) is 1. The van der Waals surface area contributed by atoms with Crippen molar-refractivity contribution in [2.24, 2.45) is 0 Å². The molecule has 5 nitrogen and oxygen atoms in total. The second kappa shape index (κ2) is 8.71. The summed E-state index contributed by atoms with van der Waals surface area (Å²) in [5, 5.41) is 12.6. The number of likely N-dealkylation sites (N-methyl/N-ethyl adjacent to an activating group) is 1. The predicted octanol–water partition coefficient (Wildman–Crippen LogP) is 1.64. The lowest BCUT2D eigenvalue weighted by Crippen LogP contribution is -2.51. The van der Waals surface area contributed by atoms with E-state index in [-0.39, 0.29) is 0 Å². The number of unbranched alkanes of at least 4 members (excludes halogenated alkanes) is 1. The number of piperazine rings is 1. The topological polar surface area (TPSA) is 55.8 Å². The Labute approximate surface area is 129 Å². The highest BCUT2D eigenvalue weighted by Crippen LogP contribution is 2.16. The maximum atomic E-state index is 11.4. The minimum absolute atomic E-state index is 0.604. The van der Waals surface area contributed by atoms with E-state index in [1.54, 1.807) is 0 Å². The molecule has 0 aliphatic carbocycles. The fourth-order valence-electron chi connectivity index (χ4n) is 2.97. The second-order valence-corrected chi connectivity index (χ2v) is 6.67. The molecule has 0 spiro atoms. The first-order valence-corrected chi connectivity index (χ1v) is 8.30.